The van der Waals surface area contributed by atoms with Crippen molar-refractivity contribution < 1.29 is 16.8 Å². The molecule has 3 heterocycles. The van der Waals surface area contributed by atoms with Crippen molar-refractivity contribution in [2.75, 3.05) is 24.6 Å². The van der Waals surface area contributed by atoms with E-state index in [1.807, 2.05) is 30.3 Å². The molecule has 2 aliphatic heterocycles. The summed E-state index contributed by atoms with van der Waals surface area (Å²) in [5.74, 6) is 0.428. The summed E-state index contributed by atoms with van der Waals surface area (Å²) >= 11 is 0. The van der Waals surface area contributed by atoms with Gasteiger partial charge in [-0.1, -0.05) is 30.3 Å². The predicted molar refractivity (Wildman–Crippen MR) is 110 cm³/mol. The number of hydrogen-bond acceptors (Lipinski definition) is 6. The van der Waals surface area contributed by atoms with E-state index in [1.165, 1.54) is 10.5 Å². The Kier molecular flexibility index (Phi) is 5.78. The van der Waals surface area contributed by atoms with Crippen LogP contribution < -0.4 is 5.32 Å². The monoisotopic (exact) mass is 438 g/mol. The Morgan fingerprint density at radius 1 is 1.07 bits per heavy atom. The van der Waals surface area contributed by atoms with E-state index in [2.05, 4.69) is 10.4 Å². The molecular formula is C19H26N4O4S2. The first kappa shape index (κ1) is 20.5. The quantitative estimate of drug-likeness (QED) is 0.718. The molecule has 1 aromatic carbocycles. The normalized spacial score (nSPS) is 23.4. The maximum Gasteiger partial charge on any atom is 0.246 e. The third-order valence-electron chi connectivity index (χ3n) is 5.59. The predicted octanol–water partition coefficient (Wildman–Crippen LogP) is 0.861. The minimum Gasteiger partial charge on any atom is -0.310 e. The van der Waals surface area contributed by atoms with Crippen LogP contribution in [-0.4, -0.2) is 67.6 Å². The molecule has 2 fully saturated rings. The summed E-state index contributed by atoms with van der Waals surface area (Å²) in [5, 5.41) is 7.61. The van der Waals surface area contributed by atoms with E-state index >= 15 is 0 Å². The Morgan fingerprint density at radius 2 is 1.79 bits per heavy atom. The van der Waals surface area contributed by atoms with E-state index in [0.29, 0.717) is 38.9 Å². The Morgan fingerprint density at radius 3 is 2.45 bits per heavy atom. The van der Waals surface area contributed by atoms with Crippen molar-refractivity contribution in [3.63, 3.8) is 0 Å². The first-order valence-electron chi connectivity index (χ1n) is 9.85. The van der Waals surface area contributed by atoms with E-state index in [1.54, 1.807) is 10.9 Å². The average molecular weight is 439 g/mol. The number of nitrogens with zero attached hydrogens (tertiary/aromatic N) is 3. The highest BCUT2D eigenvalue weighted by atomic mass is 32.2. The first-order chi connectivity index (χ1) is 13.8. The Labute approximate surface area is 171 Å². The zero-order valence-electron chi connectivity index (χ0n) is 16.1. The molecule has 0 amide bonds. The molecule has 0 spiro atoms. The van der Waals surface area contributed by atoms with Gasteiger partial charge in [-0.3, -0.25) is 4.68 Å². The molecule has 2 aliphatic rings. The summed E-state index contributed by atoms with van der Waals surface area (Å²) in [6.07, 6.45) is 4.98. The molecule has 0 unspecified atom stereocenters. The highest BCUT2D eigenvalue weighted by Gasteiger charge is 2.33. The van der Waals surface area contributed by atoms with E-state index in [-0.39, 0.29) is 28.5 Å². The van der Waals surface area contributed by atoms with Crippen LogP contribution in [0.1, 0.15) is 24.8 Å². The van der Waals surface area contributed by atoms with Crippen LogP contribution in [0.5, 0.6) is 0 Å². The molecule has 0 radical (unpaired) electrons. The lowest BCUT2D eigenvalue weighted by molar-refractivity contribution is 0.277. The van der Waals surface area contributed by atoms with E-state index in [9.17, 15) is 16.8 Å². The third kappa shape index (κ3) is 4.88. The van der Waals surface area contributed by atoms with Gasteiger partial charge in [0.25, 0.3) is 0 Å². The standard InChI is InChI=1S/C19H26N4O4S2/c24-28(25)11-8-18(15-28)21-17-6-9-23(10-7-17)29(26,27)19-12-20-22(14-19)13-16-4-2-1-3-5-16/h1-5,12,14,17-18,21H,6-11,13,15H2/t18-/m1/s1. The van der Waals surface area contributed by atoms with E-state index in [0.717, 1.165) is 5.56 Å². The number of rotatable bonds is 6. The number of piperidine rings is 1. The Hall–Kier alpha value is -1.75. The highest BCUT2D eigenvalue weighted by Crippen LogP contribution is 2.22. The van der Waals surface area contributed by atoms with Gasteiger partial charge < -0.3 is 5.32 Å². The van der Waals surface area contributed by atoms with Gasteiger partial charge in [0.2, 0.25) is 10.0 Å². The van der Waals surface area contributed by atoms with Crippen LogP contribution in [0, 0.1) is 0 Å². The lowest BCUT2D eigenvalue weighted by atomic mass is 10.1. The van der Waals surface area contributed by atoms with Gasteiger partial charge in [-0.05, 0) is 24.8 Å². The van der Waals surface area contributed by atoms with Crippen molar-refractivity contribution in [3.8, 4) is 0 Å². The van der Waals surface area contributed by atoms with E-state index < -0.39 is 19.9 Å². The fourth-order valence-corrected chi connectivity index (χ4v) is 7.12. The SMILES string of the molecule is O=S1(=O)CC[C@@H](NC2CCN(S(=O)(=O)c3cnn(Cc4ccccc4)c3)CC2)C1. The summed E-state index contributed by atoms with van der Waals surface area (Å²) in [5.41, 5.74) is 1.06. The van der Waals surface area contributed by atoms with Crippen LogP contribution >= 0.6 is 0 Å². The highest BCUT2D eigenvalue weighted by molar-refractivity contribution is 7.91. The van der Waals surface area contributed by atoms with Crippen LogP contribution in [0.15, 0.2) is 47.6 Å². The van der Waals surface area contributed by atoms with Crippen molar-refractivity contribution in [1.29, 1.82) is 0 Å². The number of sulfonamides is 1. The maximum atomic E-state index is 13.0. The van der Waals surface area contributed by atoms with Crippen LogP contribution in [-0.2, 0) is 26.4 Å². The molecular weight excluding hydrogens is 412 g/mol. The molecule has 0 aliphatic carbocycles. The molecule has 4 rings (SSSR count). The van der Waals surface area contributed by atoms with Gasteiger partial charge in [-0.25, -0.2) is 16.8 Å². The molecule has 1 atom stereocenters. The van der Waals surface area contributed by atoms with Crippen molar-refractivity contribution in [1.82, 2.24) is 19.4 Å². The largest absolute Gasteiger partial charge is 0.310 e. The van der Waals surface area contributed by atoms with Gasteiger partial charge >= 0.3 is 0 Å². The second-order valence-corrected chi connectivity index (χ2v) is 12.0. The summed E-state index contributed by atoms with van der Waals surface area (Å²) in [4.78, 5) is 0.210. The van der Waals surface area contributed by atoms with Gasteiger partial charge in [0.1, 0.15) is 4.90 Å². The van der Waals surface area contributed by atoms with Crippen LogP contribution in [0.3, 0.4) is 0 Å². The van der Waals surface area contributed by atoms with Gasteiger partial charge in [0.15, 0.2) is 9.84 Å². The zero-order chi connectivity index (χ0) is 20.5. The third-order valence-corrected chi connectivity index (χ3v) is 9.21. The van der Waals surface area contributed by atoms with Crippen molar-refractivity contribution in [2.24, 2.45) is 0 Å². The van der Waals surface area contributed by atoms with E-state index in [4.69, 9.17) is 0 Å². The average Bonchev–Trinajstić information content (AvgIpc) is 3.29. The second kappa shape index (κ2) is 8.17. The van der Waals surface area contributed by atoms with Crippen molar-refractivity contribution in [3.05, 3.63) is 48.3 Å². The van der Waals surface area contributed by atoms with Crippen LogP contribution in [0.4, 0.5) is 0 Å². The Balaban J connectivity index is 1.34. The lowest BCUT2D eigenvalue weighted by Gasteiger charge is -2.32. The topological polar surface area (TPSA) is 101 Å². The molecule has 0 saturated carbocycles. The molecule has 1 N–H and O–H groups in total. The fourth-order valence-electron chi connectivity index (χ4n) is 4.01. The molecule has 8 nitrogen and oxygen atoms in total. The maximum absolute atomic E-state index is 13.0. The first-order valence-corrected chi connectivity index (χ1v) is 13.1. The molecule has 2 aromatic rings. The molecule has 2 saturated heterocycles. The van der Waals surface area contributed by atoms with Crippen molar-refractivity contribution in [2.45, 2.75) is 42.8 Å². The zero-order valence-corrected chi connectivity index (χ0v) is 17.8. The van der Waals surface area contributed by atoms with Gasteiger partial charge in [0, 0.05) is 31.4 Å². The minimum absolute atomic E-state index is 0.00984. The summed E-state index contributed by atoms with van der Waals surface area (Å²) in [6, 6.07) is 9.91. The van der Waals surface area contributed by atoms with Gasteiger partial charge in [-0.15, -0.1) is 0 Å². The molecule has 158 valence electrons. The summed E-state index contributed by atoms with van der Waals surface area (Å²) < 4.78 is 52.3. The number of sulfone groups is 1. The number of hydrogen-bond donors (Lipinski definition) is 1. The minimum atomic E-state index is -3.58. The number of benzene rings is 1. The Bertz CT molecular complexity index is 1040. The molecule has 1 aromatic heterocycles. The smallest absolute Gasteiger partial charge is 0.246 e. The van der Waals surface area contributed by atoms with Gasteiger partial charge in [-0.2, -0.15) is 9.40 Å². The number of aromatic nitrogens is 2. The molecule has 10 heteroatoms. The second-order valence-electron chi connectivity index (χ2n) is 7.80. The van der Waals surface area contributed by atoms with Crippen molar-refractivity contribution >= 4 is 19.9 Å². The summed E-state index contributed by atoms with van der Waals surface area (Å²) in [7, 11) is -6.49. The fraction of sp³-hybridized carbons (Fsp3) is 0.526. The molecule has 0 bridgehead atoms. The molecule has 29 heavy (non-hydrogen) atoms. The van der Waals surface area contributed by atoms with Crippen LogP contribution in [0.25, 0.3) is 0 Å². The summed E-state index contributed by atoms with van der Waals surface area (Å²) in [6.45, 7) is 1.36. The lowest BCUT2D eigenvalue weighted by Crippen LogP contribution is -2.48. The number of nitrogens with one attached hydrogen (secondary N) is 1. The van der Waals surface area contributed by atoms with Gasteiger partial charge in [0.05, 0.1) is 24.2 Å². The van der Waals surface area contributed by atoms with Crippen LogP contribution in [0.2, 0.25) is 0 Å².